The van der Waals surface area contributed by atoms with Crippen LogP contribution in [-0.4, -0.2) is 55.5 Å². The first-order valence-electron chi connectivity index (χ1n) is 9.67. The van der Waals surface area contributed by atoms with Crippen LogP contribution in [0.4, 0.5) is 0 Å². The molecule has 1 amide bonds. The molecule has 4 nitrogen and oxygen atoms in total. The molecule has 0 aliphatic carbocycles. The van der Waals surface area contributed by atoms with Gasteiger partial charge in [-0.2, -0.15) is 0 Å². The molecule has 2 rings (SSSR count). The minimum atomic E-state index is 0.0726. The molecular weight excluding hydrogens is 310 g/mol. The van der Waals surface area contributed by atoms with Crippen molar-refractivity contribution in [1.82, 2.24) is 15.1 Å². The first-order chi connectivity index (χ1) is 11.9. The van der Waals surface area contributed by atoms with Gasteiger partial charge in [-0.25, -0.2) is 0 Å². The molecule has 1 N–H and O–H groups in total. The van der Waals surface area contributed by atoms with Crippen molar-refractivity contribution in [3.63, 3.8) is 0 Å². The van der Waals surface area contributed by atoms with Gasteiger partial charge in [0.15, 0.2) is 0 Å². The van der Waals surface area contributed by atoms with Crippen molar-refractivity contribution < 1.29 is 4.79 Å². The third-order valence-corrected chi connectivity index (χ3v) is 5.12. The SMILES string of the molecule is CC(C)c1ccc([C@@H](NC(=O)CN2CCCN(C)CC2)C(C)C)cc1. The largest absolute Gasteiger partial charge is 0.348 e. The molecule has 4 heteroatoms. The minimum Gasteiger partial charge on any atom is -0.348 e. The molecule has 0 bridgehead atoms. The van der Waals surface area contributed by atoms with Crippen molar-refractivity contribution in [3.8, 4) is 0 Å². The smallest absolute Gasteiger partial charge is 0.234 e. The van der Waals surface area contributed by atoms with Crippen molar-refractivity contribution >= 4 is 5.91 Å². The summed E-state index contributed by atoms with van der Waals surface area (Å²) in [6.45, 7) is 13.4. The number of likely N-dealkylation sites (N-methyl/N-ethyl adjacent to an activating group) is 1. The molecule has 1 aliphatic rings. The third kappa shape index (κ3) is 6.12. The molecule has 1 fully saturated rings. The highest BCUT2D eigenvalue weighted by Gasteiger charge is 2.21. The maximum atomic E-state index is 12.6. The van der Waals surface area contributed by atoms with Gasteiger partial charge in [-0.1, -0.05) is 52.0 Å². The van der Waals surface area contributed by atoms with Gasteiger partial charge >= 0.3 is 0 Å². The van der Waals surface area contributed by atoms with E-state index < -0.39 is 0 Å². The molecule has 140 valence electrons. The predicted octanol–water partition coefficient (Wildman–Crippen LogP) is 3.26. The molecule has 1 saturated heterocycles. The number of hydrogen-bond donors (Lipinski definition) is 1. The number of nitrogens with zero attached hydrogens (tertiary/aromatic N) is 2. The highest BCUT2D eigenvalue weighted by Crippen LogP contribution is 2.24. The van der Waals surface area contributed by atoms with Gasteiger partial charge in [-0.15, -0.1) is 0 Å². The van der Waals surface area contributed by atoms with Crippen molar-refractivity contribution in [2.24, 2.45) is 5.92 Å². The van der Waals surface area contributed by atoms with Gasteiger partial charge in [0.05, 0.1) is 12.6 Å². The zero-order valence-electron chi connectivity index (χ0n) is 16.6. The van der Waals surface area contributed by atoms with E-state index in [1.165, 1.54) is 11.1 Å². The van der Waals surface area contributed by atoms with Gasteiger partial charge in [0.2, 0.25) is 5.91 Å². The van der Waals surface area contributed by atoms with Crippen LogP contribution >= 0.6 is 0 Å². The summed E-state index contributed by atoms with van der Waals surface area (Å²) in [4.78, 5) is 17.2. The Morgan fingerprint density at radius 3 is 2.24 bits per heavy atom. The standard InChI is InChI=1S/C21H35N3O/c1-16(2)18-7-9-19(10-8-18)21(17(3)4)22-20(25)15-24-12-6-11-23(5)13-14-24/h7-10,16-17,21H,6,11-15H2,1-5H3,(H,22,25)/t21-/m0/s1. The molecule has 0 radical (unpaired) electrons. The number of carbonyl (C=O) groups is 1. The van der Waals surface area contributed by atoms with E-state index in [0.717, 1.165) is 32.6 Å². The molecule has 25 heavy (non-hydrogen) atoms. The number of carbonyl (C=O) groups excluding carboxylic acids is 1. The lowest BCUT2D eigenvalue weighted by Gasteiger charge is -2.26. The average molecular weight is 346 g/mol. The lowest BCUT2D eigenvalue weighted by Crippen LogP contribution is -2.41. The quantitative estimate of drug-likeness (QED) is 0.859. The Balaban J connectivity index is 1.97. The predicted molar refractivity (Wildman–Crippen MR) is 105 cm³/mol. The van der Waals surface area contributed by atoms with Crippen LogP contribution in [0.2, 0.25) is 0 Å². The Kier molecular flexibility index (Phi) is 7.45. The average Bonchev–Trinajstić information content (AvgIpc) is 2.77. The highest BCUT2D eigenvalue weighted by atomic mass is 16.2. The van der Waals surface area contributed by atoms with Crippen LogP contribution in [0.25, 0.3) is 0 Å². The maximum Gasteiger partial charge on any atom is 0.234 e. The van der Waals surface area contributed by atoms with E-state index >= 15 is 0 Å². The van der Waals surface area contributed by atoms with Crippen LogP contribution in [0.5, 0.6) is 0 Å². The fraction of sp³-hybridized carbons (Fsp3) is 0.667. The van der Waals surface area contributed by atoms with Gasteiger partial charge in [0.25, 0.3) is 0 Å². The van der Waals surface area contributed by atoms with E-state index in [4.69, 9.17) is 0 Å². The summed E-state index contributed by atoms with van der Waals surface area (Å²) in [6, 6.07) is 8.78. The van der Waals surface area contributed by atoms with E-state index in [0.29, 0.717) is 18.4 Å². The van der Waals surface area contributed by atoms with Crippen LogP contribution in [0.3, 0.4) is 0 Å². The Morgan fingerprint density at radius 1 is 1.00 bits per heavy atom. The summed E-state index contributed by atoms with van der Waals surface area (Å²) in [5, 5.41) is 3.27. The summed E-state index contributed by atoms with van der Waals surface area (Å²) in [6.07, 6.45) is 1.13. The Morgan fingerprint density at radius 2 is 1.64 bits per heavy atom. The monoisotopic (exact) mass is 345 g/mol. The summed E-state index contributed by atoms with van der Waals surface area (Å²) in [5.74, 6) is 1.03. The molecule has 1 aliphatic heterocycles. The van der Waals surface area contributed by atoms with Crippen molar-refractivity contribution in [1.29, 1.82) is 0 Å². The van der Waals surface area contributed by atoms with Gasteiger partial charge in [0, 0.05) is 13.1 Å². The van der Waals surface area contributed by atoms with Crippen LogP contribution in [0.1, 0.15) is 57.2 Å². The van der Waals surface area contributed by atoms with Crippen molar-refractivity contribution in [2.45, 2.75) is 46.1 Å². The second-order valence-corrected chi connectivity index (χ2v) is 8.04. The minimum absolute atomic E-state index is 0.0726. The highest BCUT2D eigenvalue weighted by molar-refractivity contribution is 5.78. The van der Waals surface area contributed by atoms with Crippen LogP contribution in [-0.2, 0) is 4.79 Å². The number of hydrogen-bond acceptors (Lipinski definition) is 3. The first kappa shape index (κ1) is 19.9. The van der Waals surface area contributed by atoms with Crippen molar-refractivity contribution in [3.05, 3.63) is 35.4 Å². The molecular formula is C21H35N3O. The number of nitrogens with one attached hydrogen (secondary N) is 1. The van der Waals surface area contributed by atoms with Crippen LogP contribution in [0.15, 0.2) is 24.3 Å². The molecule has 1 heterocycles. The third-order valence-electron chi connectivity index (χ3n) is 5.12. The van der Waals surface area contributed by atoms with Gasteiger partial charge < -0.3 is 10.2 Å². The topological polar surface area (TPSA) is 35.6 Å². The first-order valence-corrected chi connectivity index (χ1v) is 9.67. The Bertz CT molecular complexity index is 539. The van der Waals surface area contributed by atoms with E-state index in [-0.39, 0.29) is 11.9 Å². The Labute approximate surface area is 153 Å². The molecule has 0 unspecified atom stereocenters. The fourth-order valence-corrected chi connectivity index (χ4v) is 3.40. The summed E-state index contributed by atoms with van der Waals surface area (Å²) >= 11 is 0. The lowest BCUT2D eigenvalue weighted by molar-refractivity contribution is -0.123. The Hall–Kier alpha value is -1.39. The normalized spacial score (nSPS) is 18.4. The molecule has 0 aromatic heterocycles. The molecule has 1 atom stereocenters. The van der Waals surface area contributed by atoms with E-state index in [9.17, 15) is 4.79 Å². The van der Waals surface area contributed by atoms with E-state index in [1.54, 1.807) is 0 Å². The molecule has 0 spiro atoms. The zero-order chi connectivity index (χ0) is 18.4. The maximum absolute atomic E-state index is 12.6. The van der Waals surface area contributed by atoms with Gasteiger partial charge in [0.1, 0.15) is 0 Å². The molecule has 0 saturated carbocycles. The van der Waals surface area contributed by atoms with E-state index in [1.807, 2.05) is 0 Å². The van der Waals surface area contributed by atoms with Crippen LogP contribution < -0.4 is 5.32 Å². The van der Waals surface area contributed by atoms with Gasteiger partial charge in [-0.3, -0.25) is 9.69 Å². The zero-order valence-corrected chi connectivity index (χ0v) is 16.6. The number of rotatable bonds is 6. The van der Waals surface area contributed by atoms with E-state index in [2.05, 4.69) is 74.1 Å². The number of benzene rings is 1. The summed E-state index contributed by atoms with van der Waals surface area (Å²) in [5.41, 5.74) is 2.54. The summed E-state index contributed by atoms with van der Waals surface area (Å²) in [7, 11) is 2.15. The lowest BCUT2D eigenvalue weighted by atomic mass is 9.93. The second-order valence-electron chi connectivity index (χ2n) is 8.04. The molecule has 1 aromatic rings. The number of amides is 1. The van der Waals surface area contributed by atoms with Gasteiger partial charge in [-0.05, 0) is 49.5 Å². The summed E-state index contributed by atoms with van der Waals surface area (Å²) < 4.78 is 0. The van der Waals surface area contributed by atoms with Crippen molar-refractivity contribution in [2.75, 3.05) is 39.8 Å². The molecule has 1 aromatic carbocycles. The fourth-order valence-electron chi connectivity index (χ4n) is 3.40. The second kappa shape index (κ2) is 9.35. The van der Waals surface area contributed by atoms with Crippen LogP contribution in [0, 0.1) is 5.92 Å².